The van der Waals surface area contributed by atoms with E-state index in [4.69, 9.17) is 5.73 Å². The molecule has 0 fully saturated rings. The number of H-pyrrole nitrogens is 1. The van der Waals surface area contributed by atoms with Gasteiger partial charge in [-0.15, -0.1) is 0 Å². The summed E-state index contributed by atoms with van der Waals surface area (Å²) in [5.74, 6) is -2.45. The van der Waals surface area contributed by atoms with Crippen molar-refractivity contribution in [1.82, 2.24) is 15.3 Å². The van der Waals surface area contributed by atoms with Gasteiger partial charge in [-0.2, -0.15) is 4.39 Å². The number of nitrogens with zero attached hydrogens (tertiary/aromatic N) is 1. The molecule has 1 aromatic heterocycles. The number of carbonyl (C=O) groups is 1. The van der Waals surface area contributed by atoms with Crippen molar-refractivity contribution < 1.29 is 14.3 Å². The first-order valence-electron chi connectivity index (χ1n) is 11.2. The Hall–Kier alpha value is -3.36. The highest BCUT2D eigenvalue weighted by Gasteiger charge is 2.19. The van der Waals surface area contributed by atoms with Gasteiger partial charge in [0.1, 0.15) is 5.82 Å². The van der Waals surface area contributed by atoms with Gasteiger partial charge in [0.25, 0.3) is 5.56 Å². The van der Waals surface area contributed by atoms with Gasteiger partial charge in [0.05, 0.1) is 12.0 Å². The van der Waals surface area contributed by atoms with E-state index >= 15 is 0 Å². The highest BCUT2D eigenvalue weighted by Crippen LogP contribution is 2.19. The highest BCUT2D eigenvalue weighted by molar-refractivity contribution is 5.73. The third kappa shape index (κ3) is 10.7. The van der Waals surface area contributed by atoms with Gasteiger partial charge in [-0.05, 0) is 51.0 Å². The van der Waals surface area contributed by atoms with Crippen LogP contribution in [-0.4, -0.2) is 27.6 Å². The van der Waals surface area contributed by atoms with Gasteiger partial charge in [0, 0.05) is 30.2 Å². The van der Waals surface area contributed by atoms with Crippen molar-refractivity contribution in [3.05, 3.63) is 69.8 Å². The number of rotatable bonds is 12. The minimum Gasteiger partial charge on any atom is -0.481 e. The van der Waals surface area contributed by atoms with E-state index in [1.54, 1.807) is 12.1 Å². The molecule has 0 amide bonds. The zero-order valence-electron chi connectivity index (χ0n) is 19.8. The lowest BCUT2D eigenvalue weighted by Gasteiger charge is -2.21. The average Bonchev–Trinajstić information content (AvgIpc) is 2.74. The fourth-order valence-corrected chi connectivity index (χ4v) is 3.11. The molecule has 0 aliphatic heterocycles. The molecule has 9 heteroatoms. The first-order chi connectivity index (χ1) is 15.6. The minimum atomic E-state index is -1.06. The van der Waals surface area contributed by atoms with Crippen LogP contribution in [0.2, 0.25) is 0 Å². The number of halogens is 1. The molecule has 0 spiro atoms. The predicted octanol–water partition coefficient (Wildman–Crippen LogP) is 4.22. The number of aromatic amines is 1. The fourth-order valence-electron chi connectivity index (χ4n) is 3.11. The molecular formula is C24H36FN5O3. The fraction of sp³-hybridized carbons (Fsp3) is 0.458. The van der Waals surface area contributed by atoms with Crippen LogP contribution in [0, 0.1) is 12.8 Å². The van der Waals surface area contributed by atoms with Gasteiger partial charge in [-0.1, -0.05) is 32.3 Å². The summed E-state index contributed by atoms with van der Waals surface area (Å²) in [5.41, 5.74) is 6.47. The third-order valence-corrected chi connectivity index (χ3v) is 5.02. The number of aryl methyl sites for hydroxylation is 1. The molecule has 2 atom stereocenters. The number of carboxylic acid groups (broad SMARTS) is 1. The molecule has 1 aromatic rings. The number of carboxylic acids is 1. The molecule has 0 saturated heterocycles. The Morgan fingerprint density at radius 2 is 2.03 bits per heavy atom. The van der Waals surface area contributed by atoms with Gasteiger partial charge in [-0.25, -0.2) is 4.98 Å². The van der Waals surface area contributed by atoms with Gasteiger partial charge >= 0.3 is 5.97 Å². The Bertz CT molecular complexity index is 953. The Labute approximate surface area is 194 Å². The molecule has 6 N–H and O–H groups in total. The van der Waals surface area contributed by atoms with Crippen LogP contribution in [0.5, 0.6) is 0 Å². The van der Waals surface area contributed by atoms with Crippen molar-refractivity contribution in [2.45, 2.75) is 59.4 Å². The van der Waals surface area contributed by atoms with Crippen LogP contribution in [0.3, 0.4) is 0 Å². The number of hydrogen-bond acceptors (Lipinski definition) is 6. The summed E-state index contributed by atoms with van der Waals surface area (Å²) in [7, 11) is 0. The lowest BCUT2D eigenvalue weighted by atomic mass is 10.0. The van der Waals surface area contributed by atoms with Gasteiger partial charge in [0.2, 0.25) is 0 Å². The number of nitrogens with one attached hydrogen (secondary N) is 3. The summed E-state index contributed by atoms with van der Waals surface area (Å²) >= 11 is 0. The number of anilines is 1. The molecule has 0 radical (unpaired) electrons. The van der Waals surface area contributed by atoms with Crippen LogP contribution in [0.4, 0.5) is 10.2 Å². The Morgan fingerprint density at radius 3 is 2.67 bits per heavy atom. The van der Waals surface area contributed by atoms with Gasteiger partial charge in [-0.3, -0.25) is 9.59 Å². The molecule has 33 heavy (non-hydrogen) atoms. The molecule has 0 bridgehead atoms. The normalized spacial score (nSPS) is 13.6. The number of hydrogen-bond donors (Lipinski definition) is 5. The summed E-state index contributed by atoms with van der Waals surface area (Å²) < 4.78 is 13.0. The average molecular weight is 462 g/mol. The van der Waals surface area contributed by atoms with Crippen LogP contribution in [0.1, 0.15) is 63.8 Å². The maximum absolute atomic E-state index is 13.0. The summed E-state index contributed by atoms with van der Waals surface area (Å²) in [6, 6.07) is 4.48. The molecule has 1 heterocycles. The minimum absolute atomic E-state index is 0.294. The monoisotopic (exact) mass is 461 g/mol. The first-order valence-corrected chi connectivity index (χ1v) is 11.2. The van der Waals surface area contributed by atoms with E-state index in [1.165, 1.54) is 25.3 Å². The SMILES string of the molecule is CCCCCCNc1cc(=O)[nH]cccc(C(C)N/C(=C/C=C(\N)F)C(C)C(=O)O)c(C)n1. The molecule has 182 valence electrons. The van der Waals surface area contributed by atoms with Crippen LogP contribution < -0.4 is 21.9 Å². The van der Waals surface area contributed by atoms with Crippen LogP contribution in [0.15, 0.2) is 53.0 Å². The first kappa shape index (κ1) is 27.7. The highest BCUT2D eigenvalue weighted by atomic mass is 19.1. The van der Waals surface area contributed by atoms with E-state index in [-0.39, 0.29) is 11.6 Å². The second-order valence-electron chi connectivity index (χ2n) is 7.80. The van der Waals surface area contributed by atoms with Gasteiger partial charge < -0.3 is 26.5 Å². The maximum Gasteiger partial charge on any atom is 0.312 e. The number of unbranched alkanes of at least 4 members (excludes halogenated alkanes) is 3. The molecule has 0 saturated carbocycles. The molecular weight excluding hydrogens is 425 g/mol. The Balaban J connectivity index is 3.32. The summed E-state index contributed by atoms with van der Waals surface area (Å²) in [6.45, 7) is 7.99. The number of aromatic nitrogens is 2. The Morgan fingerprint density at radius 1 is 1.30 bits per heavy atom. The molecule has 0 aliphatic carbocycles. The standard InChI is InChI=1S/C24H36FN5O3/c1-5-6-7-8-13-27-22-15-23(31)28-14-9-10-19(18(4)30-22)17(3)29-20(11-12-21(25)26)16(2)24(32)33/h9-12,14-17,29H,5-8,13,26H2,1-4H3,(H,27,30)(H,28,31)(H,32,33)/b20-11+,21-12-. The van der Waals surface area contributed by atoms with Crippen molar-refractivity contribution >= 4 is 11.8 Å². The van der Waals surface area contributed by atoms with Crippen molar-refractivity contribution in [3.63, 3.8) is 0 Å². The van der Waals surface area contributed by atoms with E-state index in [0.717, 1.165) is 37.3 Å². The van der Waals surface area contributed by atoms with E-state index in [2.05, 4.69) is 27.5 Å². The molecule has 0 aliphatic rings. The van der Waals surface area contributed by atoms with Crippen molar-refractivity contribution in [2.24, 2.45) is 11.7 Å². The lowest BCUT2D eigenvalue weighted by Crippen LogP contribution is -2.27. The maximum atomic E-state index is 13.0. The van der Waals surface area contributed by atoms with Crippen molar-refractivity contribution in [2.75, 3.05) is 11.9 Å². The number of allylic oxidation sites excluding steroid dienone is 2. The predicted molar refractivity (Wildman–Crippen MR) is 130 cm³/mol. The molecule has 0 aromatic carbocycles. The molecule has 8 nitrogen and oxygen atoms in total. The van der Waals surface area contributed by atoms with Crippen LogP contribution >= 0.6 is 0 Å². The van der Waals surface area contributed by atoms with Gasteiger partial charge in [0.15, 0.2) is 5.95 Å². The second-order valence-corrected chi connectivity index (χ2v) is 7.80. The summed E-state index contributed by atoms with van der Waals surface area (Å²) in [5, 5.41) is 15.8. The zero-order chi connectivity index (χ0) is 24.8. The second kappa shape index (κ2) is 14.7. The third-order valence-electron chi connectivity index (χ3n) is 5.02. The van der Waals surface area contributed by atoms with Crippen LogP contribution in [0.25, 0.3) is 0 Å². The van der Waals surface area contributed by atoms with E-state index in [9.17, 15) is 19.1 Å². The van der Waals surface area contributed by atoms with Crippen LogP contribution in [-0.2, 0) is 4.79 Å². The van der Waals surface area contributed by atoms with Crippen molar-refractivity contribution in [3.8, 4) is 0 Å². The van der Waals surface area contributed by atoms with E-state index in [0.29, 0.717) is 23.8 Å². The number of aliphatic carboxylic acids is 1. The number of nitrogens with two attached hydrogens (primary N) is 1. The molecule has 2 unspecified atom stereocenters. The van der Waals surface area contributed by atoms with E-state index in [1.807, 2.05) is 13.8 Å². The Kier molecular flexibility index (Phi) is 12.3. The lowest BCUT2D eigenvalue weighted by molar-refractivity contribution is -0.140. The topological polar surface area (TPSA) is 133 Å². The largest absolute Gasteiger partial charge is 0.481 e. The quantitative estimate of drug-likeness (QED) is 0.179. The summed E-state index contributed by atoms with van der Waals surface area (Å²) in [4.78, 5) is 30.8. The molecule has 1 rings (SSSR count). The smallest absolute Gasteiger partial charge is 0.312 e. The summed E-state index contributed by atoms with van der Waals surface area (Å²) in [6.07, 6.45) is 8.19. The zero-order valence-corrected chi connectivity index (χ0v) is 19.8. The van der Waals surface area contributed by atoms with Crippen molar-refractivity contribution in [1.29, 1.82) is 0 Å². The van der Waals surface area contributed by atoms with E-state index < -0.39 is 17.8 Å².